The lowest BCUT2D eigenvalue weighted by Crippen LogP contribution is -2.15. The number of nitrogen functional groups attached to an aromatic ring is 1. The second kappa shape index (κ2) is 8.63. The smallest absolute Gasteiger partial charge is 0.148 e. The number of rotatable bonds is 9. The van der Waals surface area contributed by atoms with Crippen LogP contribution in [0.1, 0.15) is 17.8 Å². The first-order valence-electron chi connectivity index (χ1n) is 6.31. The first-order valence-corrected chi connectivity index (χ1v) is 6.31. The number of nitrogens with two attached hydrogens (primary N) is 1. The molecule has 0 fully saturated rings. The zero-order valence-electron chi connectivity index (χ0n) is 11.8. The molecule has 0 unspecified atom stereocenters. The summed E-state index contributed by atoms with van der Waals surface area (Å²) in [5, 5.41) is 3.26. The van der Waals surface area contributed by atoms with Gasteiger partial charge in [-0.1, -0.05) is 0 Å². The van der Waals surface area contributed by atoms with Gasteiger partial charge in [-0.15, -0.1) is 0 Å². The highest BCUT2D eigenvalue weighted by Crippen LogP contribution is 2.18. The zero-order valence-corrected chi connectivity index (χ0v) is 11.8. The molecule has 0 aromatic carbocycles. The molecule has 1 aromatic heterocycles. The number of ether oxygens (including phenoxy) is 2. The van der Waals surface area contributed by atoms with Crippen molar-refractivity contribution in [3.8, 4) is 0 Å². The minimum atomic E-state index is 0.628. The summed E-state index contributed by atoms with van der Waals surface area (Å²) in [5.41, 5.74) is 3.48. The van der Waals surface area contributed by atoms with Gasteiger partial charge in [-0.3, -0.25) is 0 Å². The third-order valence-electron chi connectivity index (χ3n) is 2.58. The lowest BCUT2D eigenvalue weighted by Gasteiger charge is -2.12. The highest BCUT2D eigenvalue weighted by Gasteiger charge is 2.07. The van der Waals surface area contributed by atoms with Crippen molar-refractivity contribution in [2.75, 3.05) is 44.2 Å². The van der Waals surface area contributed by atoms with E-state index in [9.17, 15) is 0 Å². The standard InChI is InChI=1S/C12H23N5O2/c1-9-11(15-10(2)16-12(9)17-13)14-5-4-6-19-8-7-18-3/h4-8,13H2,1-3H3,(H2,14,15,16,17). The number of aryl methyl sites for hydroxylation is 1. The molecule has 7 heteroatoms. The number of hydrazine groups is 1. The Morgan fingerprint density at radius 3 is 2.53 bits per heavy atom. The van der Waals surface area contributed by atoms with Gasteiger partial charge in [-0.25, -0.2) is 15.8 Å². The topological polar surface area (TPSA) is 94.3 Å². The molecule has 0 aliphatic rings. The Kier molecular flexibility index (Phi) is 7.09. The molecule has 0 spiro atoms. The van der Waals surface area contributed by atoms with E-state index in [0.29, 0.717) is 31.5 Å². The fourth-order valence-electron chi connectivity index (χ4n) is 1.57. The van der Waals surface area contributed by atoms with Crippen molar-refractivity contribution in [1.29, 1.82) is 0 Å². The maximum atomic E-state index is 5.41. The summed E-state index contributed by atoms with van der Waals surface area (Å²) in [6.45, 7) is 6.49. The fraction of sp³-hybridized carbons (Fsp3) is 0.667. The Balaban J connectivity index is 2.35. The maximum absolute atomic E-state index is 5.41. The van der Waals surface area contributed by atoms with Gasteiger partial charge in [0.05, 0.1) is 13.2 Å². The van der Waals surface area contributed by atoms with Crippen LogP contribution in [0, 0.1) is 13.8 Å². The number of methoxy groups -OCH3 is 1. The Bertz CT molecular complexity index is 387. The van der Waals surface area contributed by atoms with Crippen molar-refractivity contribution in [3.05, 3.63) is 11.4 Å². The Morgan fingerprint density at radius 2 is 1.84 bits per heavy atom. The second-order valence-corrected chi connectivity index (χ2v) is 4.12. The molecule has 1 heterocycles. The molecular formula is C12H23N5O2. The summed E-state index contributed by atoms with van der Waals surface area (Å²) in [6.07, 6.45) is 0.900. The van der Waals surface area contributed by atoms with Crippen LogP contribution in [0.3, 0.4) is 0 Å². The number of nitrogens with zero attached hydrogens (tertiary/aromatic N) is 2. The third kappa shape index (κ3) is 5.37. The predicted molar refractivity (Wildman–Crippen MR) is 75.1 cm³/mol. The van der Waals surface area contributed by atoms with Crippen molar-refractivity contribution in [1.82, 2.24) is 9.97 Å². The fourth-order valence-corrected chi connectivity index (χ4v) is 1.57. The van der Waals surface area contributed by atoms with Gasteiger partial charge in [-0.05, 0) is 20.3 Å². The Labute approximate surface area is 113 Å². The van der Waals surface area contributed by atoms with Gasteiger partial charge in [0.2, 0.25) is 0 Å². The van der Waals surface area contributed by atoms with Gasteiger partial charge in [-0.2, -0.15) is 0 Å². The molecule has 7 nitrogen and oxygen atoms in total. The van der Waals surface area contributed by atoms with E-state index in [4.69, 9.17) is 15.3 Å². The number of hydrogen-bond acceptors (Lipinski definition) is 7. The van der Waals surface area contributed by atoms with Gasteiger partial charge >= 0.3 is 0 Å². The molecule has 1 aromatic rings. The van der Waals surface area contributed by atoms with E-state index in [0.717, 1.165) is 24.3 Å². The van der Waals surface area contributed by atoms with Crippen LogP contribution in [0.15, 0.2) is 0 Å². The van der Waals surface area contributed by atoms with Crippen molar-refractivity contribution in [2.24, 2.45) is 5.84 Å². The first-order chi connectivity index (χ1) is 9.19. The summed E-state index contributed by atoms with van der Waals surface area (Å²) < 4.78 is 10.3. The normalized spacial score (nSPS) is 10.5. The molecular weight excluding hydrogens is 246 g/mol. The molecule has 19 heavy (non-hydrogen) atoms. The zero-order chi connectivity index (χ0) is 14.1. The largest absolute Gasteiger partial charge is 0.382 e. The average Bonchev–Trinajstić information content (AvgIpc) is 2.41. The maximum Gasteiger partial charge on any atom is 0.148 e. The first kappa shape index (κ1) is 15.6. The number of nitrogens with one attached hydrogen (secondary N) is 2. The lowest BCUT2D eigenvalue weighted by atomic mass is 10.3. The molecule has 4 N–H and O–H groups in total. The van der Waals surface area contributed by atoms with Gasteiger partial charge in [0.1, 0.15) is 17.5 Å². The quantitative estimate of drug-likeness (QED) is 0.347. The van der Waals surface area contributed by atoms with E-state index in [1.54, 1.807) is 7.11 Å². The van der Waals surface area contributed by atoms with Crippen LogP contribution in [0.4, 0.5) is 11.6 Å². The van der Waals surface area contributed by atoms with Crippen LogP contribution >= 0.6 is 0 Å². The van der Waals surface area contributed by atoms with Gasteiger partial charge < -0.3 is 20.2 Å². The van der Waals surface area contributed by atoms with Crippen molar-refractivity contribution in [3.63, 3.8) is 0 Å². The monoisotopic (exact) mass is 269 g/mol. The molecule has 0 amide bonds. The number of anilines is 2. The molecule has 0 aliphatic heterocycles. The van der Waals surface area contributed by atoms with E-state index in [1.165, 1.54) is 0 Å². The number of aromatic nitrogens is 2. The van der Waals surface area contributed by atoms with Gasteiger partial charge in [0.25, 0.3) is 0 Å². The van der Waals surface area contributed by atoms with E-state index in [-0.39, 0.29) is 0 Å². The molecule has 1 rings (SSSR count). The molecule has 0 saturated carbocycles. The molecule has 0 bridgehead atoms. The average molecular weight is 269 g/mol. The van der Waals surface area contributed by atoms with Crippen LogP contribution in [0.2, 0.25) is 0 Å². The predicted octanol–water partition coefficient (Wildman–Crippen LogP) is 0.844. The summed E-state index contributed by atoms with van der Waals surface area (Å²) in [6, 6.07) is 0. The van der Waals surface area contributed by atoms with E-state index >= 15 is 0 Å². The Morgan fingerprint density at radius 1 is 1.11 bits per heavy atom. The lowest BCUT2D eigenvalue weighted by molar-refractivity contribution is 0.0705. The van der Waals surface area contributed by atoms with Gasteiger partial charge in [0, 0.05) is 25.8 Å². The van der Waals surface area contributed by atoms with Crippen molar-refractivity contribution >= 4 is 11.6 Å². The highest BCUT2D eigenvalue weighted by molar-refractivity contribution is 5.56. The van der Waals surface area contributed by atoms with Crippen LogP contribution < -0.4 is 16.6 Å². The van der Waals surface area contributed by atoms with Crippen molar-refractivity contribution < 1.29 is 9.47 Å². The Hall–Kier alpha value is -1.44. The molecule has 0 radical (unpaired) electrons. The second-order valence-electron chi connectivity index (χ2n) is 4.12. The summed E-state index contributed by atoms with van der Waals surface area (Å²) in [5.74, 6) is 7.54. The molecule has 108 valence electrons. The van der Waals surface area contributed by atoms with Crippen LogP contribution in [0.25, 0.3) is 0 Å². The molecule has 0 saturated heterocycles. The summed E-state index contributed by atoms with van der Waals surface area (Å²) >= 11 is 0. The number of hydrogen-bond donors (Lipinski definition) is 3. The van der Waals surface area contributed by atoms with Crippen molar-refractivity contribution in [2.45, 2.75) is 20.3 Å². The SMILES string of the molecule is COCCOCCCNc1nc(C)nc(NN)c1C. The van der Waals surface area contributed by atoms with Crippen LogP contribution in [0.5, 0.6) is 0 Å². The van der Waals surface area contributed by atoms with Gasteiger partial charge in [0.15, 0.2) is 0 Å². The minimum absolute atomic E-state index is 0.628. The van der Waals surface area contributed by atoms with E-state index in [1.807, 2.05) is 13.8 Å². The molecule has 0 aliphatic carbocycles. The van der Waals surface area contributed by atoms with Crippen LogP contribution in [-0.2, 0) is 9.47 Å². The van der Waals surface area contributed by atoms with Crippen LogP contribution in [-0.4, -0.2) is 43.4 Å². The molecule has 0 atom stereocenters. The minimum Gasteiger partial charge on any atom is -0.382 e. The highest BCUT2D eigenvalue weighted by atomic mass is 16.5. The summed E-state index contributed by atoms with van der Waals surface area (Å²) in [7, 11) is 1.66. The third-order valence-corrected chi connectivity index (χ3v) is 2.58. The summed E-state index contributed by atoms with van der Waals surface area (Å²) in [4.78, 5) is 8.55. The van der Waals surface area contributed by atoms with E-state index < -0.39 is 0 Å². The van der Waals surface area contributed by atoms with E-state index in [2.05, 4.69) is 20.7 Å².